The van der Waals surface area contributed by atoms with Crippen LogP contribution >= 0.6 is 23.2 Å². The number of likely N-dealkylation sites (N-methyl/N-ethyl adjacent to an activating group) is 1. The van der Waals surface area contributed by atoms with Crippen molar-refractivity contribution in [2.45, 2.75) is 244 Å². The highest BCUT2D eigenvalue weighted by atomic mass is 35.5. The quantitative estimate of drug-likeness (QED) is 0.0322. The fraction of sp³-hybridized carbons (Fsp3) is 0.527. The first kappa shape index (κ1) is 97.1. The van der Waals surface area contributed by atoms with Gasteiger partial charge in [0, 0.05) is 54.3 Å². The van der Waals surface area contributed by atoms with Crippen molar-refractivity contribution < 1.29 is 126 Å². The van der Waals surface area contributed by atoms with Crippen LogP contribution < -0.4 is 72.9 Å². The van der Waals surface area contributed by atoms with Gasteiger partial charge in [-0.3, -0.25) is 43.3 Å². The van der Waals surface area contributed by atoms with Crippen LogP contribution in [0.1, 0.15) is 187 Å². The second kappa shape index (κ2) is 39.2. The number of sulfonamides is 1. The zero-order valence-electron chi connectivity index (χ0n) is 74.4. The van der Waals surface area contributed by atoms with E-state index in [9.17, 15) is 64.0 Å². The Balaban J connectivity index is 0.874. The first-order valence-electron chi connectivity index (χ1n) is 45.3. The third-order valence-corrected chi connectivity index (χ3v) is 29.9. The van der Waals surface area contributed by atoms with Crippen molar-refractivity contribution in [2.75, 3.05) is 40.0 Å². The summed E-state index contributed by atoms with van der Waals surface area (Å²) < 4.78 is 75.6. The van der Waals surface area contributed by atoms with Gasteiger partial charge in [0.1, 0.15) is 89.8 Å². The molecule has 5 aliphatic carbocycles. The molecular formula is C93H114Cl2N12O26S. The highest BCUT2D eigenvalue weighted by Crippen LogP contribution is 2.57. The lowest BCUT2D eigenvalue weighted by Gasteiger charge is -2.54. The summed E-state index contributed by atoms with van der Waals surface area (Å²) in [6.45, 7) is 7.72. The molecule has 8 heterocycles. The van der Waals surface area contributed by atoms with Gasteiger partial charge in [-0.1, -0.05) is 81.1 Å². The second-order valence-corrected chi connectivity index (χ2v) is 40.3. The standard InChI is InChI=1S/C93H114Cl2N12O26S/c1-7-8-9-23-127-51-14-16-52(17-15-51)134(125,126)107-22-10-21-106(40-107)38-55-61(109)35-54-69-53-30-45(11-18-56(53)93(123,124)70(55)69)72-86(118)105-76(90(122)103-74(54)88(120)100-71-48-26-43-25-44(28-48)29-49(71)27-43)78(112)47-13-20-63(58(95)32-47)130-65-34-50-33-64(81(65)133-91-82(80(114)79(113)66(39-108)131-91)132-68-37-92(5,97)83(115)42(4)128-68)129-62-19-12-46(31-57(62)94)77(111)75(104-84(116)59(98-6)24-41(2)3)89(121)99-60(36-67(96)110)85(117)101-73(50)87(119)102-72/h11-20,30-35,41-44,48-49,59-60,66,68,71-80,82-83,91,98,108-109,111-115,123-124H,7-10,21-29,36-40,97H2,1-6H3,(H2,96,110)(H,99,121)(H,100,120)(H,101,117)(H,102,119)(H,103,122)(H,104,116)(H,105,118)/t42?,43?,44?,48?,49?,59?,60?,66?,68?,71?,72?,73?,74-,75?,76?,77?,78?,79?,80?,82?,83?,91?,92?/m0/s1. The molecule has 7 fully saturated rings. The SMILES string of the molecule is CCCCCOc1ccc(S(=O)(=O)N2CCCN(Cc3c(O)cc4c5c3C(O)(O)c3ccc(cc3-5)C3NC(=O)C5NC(=O)C(CC(N)=O)NC(=O)C(NC(=O)C(CC(C)C)NC)C(O)c6ccc(c(Cl)c6)Oc6cc5cc(c6OC5OC(CO)C(O)C(O)C5OC5CC(C)(N)C(O)C(C)O5)Oc5ccc(cc5Cl)C(O)C(NC3=O)C(=O)N[C@@H]4C(=O)NC3C4CC5CC(C4)CC3C5)C2)cc1. The van der Waals surface area contributed by atoms with E-state index < -0.39 is 237 Å². The number of benzene rings is 6. The number of primary amides is 1. The number of phenols is 1. The van der Waals surface area contributed by atoms with Crippen LogP contribution in [0.3, 0.4) is 0 Å². The summed E-state index contributed by atoms with van der Waals surface area (Å²) in [5.41, 5.74) is 8.34. The molecule has 134 heavy (non-hydrogen) atoms. The Morgan fingerprint density at radius 2 is 1.35 bits per heavy atom. The van der Waals surface area contributed by atoms with Crippen LogP contribution in [-0.4, -0.2) is 236 Å². The van der Waals surface area contributed by atoms with Gasteiger partial charge >= 0.3 is 0 Å². The van der Waals surface area contributed by atoms with Crippen LogP contribution in [0.5, 0.6) is 40.2 Å². The number of ether oxygens (including phenoxy) is 7. The Bertz CT molecular complexity index is 5610. The van der Waals surface area contributed by atoms with Crippen molar-refractivity contribution >= 4 is 80.5 Å². The van der Waals surface area contributed by atoms with Crippen LogP contribution in [0.15, 0.2) is 102 Å². The maximum absolute atomic E-state index is 16.8. The van der Waals surface area contributed by atoms with Crippen molar-refractivity contribution in [1.29, 1.82) is 0 Å². The third-order valence-electron chi connectivity index (χ3n) is 27.5. The van der Waals surface area contributed by atoms with Crippen molar-refractivity contribution in [3.8, 4) is 51.4 Å². The van der Waals surface area contributed by atoms with E-state index >= 15 is 28.8 Å². The fourth-order valence-corrected chi connectivity index (χ4v) is 22.7. The molecule has 17 unspecified atom stereocenters. The lowest BCUT2D eigenvalue weighted by atomic mass is 9.54. The summed E-state index contributed by atoms with van der Waals surface area (Å²) in [6.07, 6.45) is -11.6. The average Bonchev–Trinajstić information content (AvgIpc) is 1.54. The Labute approximate surface area is 782 Å². The Hall–Kier alpha value is -9.99. The number of carbonyl (C=O) groups is 8. The predicted octanol–water partition coefficient (Wildman–Crippen LogP) is 3.47. The number of hydrogen-bond acceptors (Lipinski definition) is 29. The average molecular weight is 1920 g/mol. The first-order chi connectivity index (χ1) is 63.7. The van der Waals surface area contributed by atoms with Crippen molar-refractivity contribution in [3.05, 3.63) is 152 Å². The van der Waals surface area contributed by atoms with Gasteiger partial charge in [0.25, 0.3) is 0 Å². The lowest BCUT2D eigenvalue weighted by Crippen LogP contribution is -2.64. The number of hydrogen-bond donors (Lipinski definition) is 19. The molecule has 0 aromatic heterocycles. The van der Waals surface area contributed by atoms with Gasteiger partial charge in [0.15, 0.2) is 23.9 Å². The summed E-state index contributed by atoms with van der Waals surface area (Å²) in [4.78, 5) is 126. The number of carbonyl (C=O) groups excluding carboxylic acids is 8. The van der Waals surface area contributed by atoms with Crippen LogP contribution in [0, 0.1) is 29.6 Å². The van der Waals surface area contributed by atoms with Crippen LogP contribution in [-0.2, 0) is 74.9 Å². The van der Waals surface area contributed by atoms with Gasteiger partial charge < -0.3 is 133 Å². The second-order valence-electron chi connectivity index (χ2n) is 37.6. The molecule has 0 spiro atoms. The Kier molecular flexibility index (Phi) is 28.4. The number of rotatable bonds is 23. The topological polar surface area (TPSA) is 572 Å². The minimum Gasteiger partial charge on any atom is -0.508 e. The lowest BCUT2D eigenvalue weighted by molar-refractivity contribution is -0.333. The summed E-state index contributed by atoms with van der Waals surface area (Å²) in [5, 5.41) is 132. The van der Waals surface area contributed by atoms with E-state index in [1.807, 2.05) is 13.8 Å². The number of nitrogens with zero attached hydrogens (tertiary/aromatic N) is 2. The van der Waals surface area contributed by atoms with Crippen molar-refractivity contribution in [1.82, 2.24) is 51.7 Å². The molecule has 15 bridgehead atoms. The number of aromatic hydroxyl groups is 1. The minimum absolute atomic E-state index is 0.00616. The highest BCUT2D eigenvalue weighted by Gasteiger charge is 2.55. The molecule has 3 saturated heterocycles. The normalized spacial score (nSPS) is 30.9. The van der Waals surface area contributed by atoms with Crippen LogP contribution in [0.25, 0.3) is 11.1 Å². The zero-order chi connectivity index (χ0) is 95.7. The maximum atomic E-state index is 16.8. The van der Waals surface area contributed by atoms with Gasteiger partial charge in [-0.15, -0.1) is 0 Å². The molecule has 19 rings (SSSR count). The van der Waals surface area contributed by atoms with E-state index in [-0.39, 0.29) is 123 Å². The minimum atomic E-state index is -4.25. The molecule has 21 N–H and O–H groups in total. The molecule has 18 atom stereocenters. The number of aliphatic hydroxyl groups excluding tert-OH is 6. The van der Waals surface area contributed by atoms with Gasteiger partial charge in [0.05, 0.1) is 59.5 Å². The first-order valence-corrected chi connectivity index (χ1v) is 47.5. The molecular weight excluding hydrogens is 1800 g/mol. The Morgan fingerprint density at radius 1 is 0.716 bits per heavy atom. The number of fused-ring (bicyclic) bond motifs is 12. The van der Waals surface area contributed by atoms with Crippen LogP contribution in [0.2, 0.25) is 10.0 Å². The monoisotopic (exact) mass is 1920 g/mol. The van der Waals surface area contributed by atoms with Gasteiger partial charge in [-0.25, -0.2) is 8.42 Å². The molecule has 8 aliphatic heterocycles. The smallest absolute Gasteiger partial charge is 0.248 e. The predicted molar refractivity (Wildman–Crippen MR) is 478 cm³/mol. The molecule has 722 valence electrons. The molecule has 6 aromatic carbocycles. The number of amides is 8. The summed E-state index contributed by atoms with van der Waals surface area (Å²) in [6, 6.07) is 5.56. The van der Waals surface area contributed by atoms with E-state index in [2.05, 4.69) is 49.5 Å². The number of phenolic OH excluding ortho intramolecular Hbond substituents is 1. The van der Waals surface area contributed by atoms with Crippen molar-refractivity contribution in [3.63, 3.8) is 0 Å². The van der Waals surface area contributed by atoms with E-state index in [1.165, 1.54) is 85.9 Å². The summed E-state index contributed by atoms with van der Waals surface area (Å²) in [5.74, 6) is -15.0. The Morgan fingerprint density at radius 3 is 1.97 bits per heavy atom. The highest BCUT2D eigenvalue weighted by molar-refractivity contribution is 7.89. The van der Waals surface area contributed by atoms with Gasteiger partial charge in [-0.05, 0) is 214 Å². The molecule has 38 nitrogen and oxygen atoms in total. The zero-order valence-corrected chi connectivity index (χ0v) is 76.8. The molecule has 0 radical (unpaired) electrons. The molecule has 8 amide bonds. The molecule has 4 saturated carbocycles. The van der Waals surface area contributed by atoms with Gasteiger partial charge in [0.2, 0.25) is 75.1 Å². The maximum Gasteiger partial charge on any atom is 0.248 e. The molecule has 13 aliphatic rings. The van der Waals surface area contributed by atoms with E-state index in [0.717, 1.165) is 75.6 Å². The number of nitrogens with two attached hydrogens (primary N) is 2. The van der Waals surface area contributed by atoms with Crippen molar-refractivity contribution in [2.24, 2.45) is 41.1 Å². The summed E-state index contributed by atoms with van der Waals surface area (Å²) >= 11 is 14.6. The van der Waals surface area contributed by atoms with Gasteiger partial charge in [-0.2, -0.15) is 4.31 Å². The van der Waals surface area contributed by atoms with E-state index in [1.54, 1.807) is 17.0 Å². The van der Waals surface area contributed by atoms with Crippen LogP contribution in [0.4, 0.5) is 0 Å². The fourth-order valence-electron chi connectivity index (χ4n) is 20.8. The summed E-state index contributed by atoms with van der Waals surface area (Å²) in [7, 11) is -2.77. The number of unbranched alkanes of at least 4 members (excludes halogenated alkanes) is 2. The molecule has 6 aromatic rings. The third kappa shape index (κ3) is 19.6. The number of halogens is 2. The van der Waals surface area contributed by atoms with E-state index in [4.69, 9.17) is 67.8 Å². The number of nitrogens with one attached hydrogen (secondary N) is 8. The van der Waals surface area contributed by atoms with E-state index in [0.29, 0.717) is 24.2 Å². The number of aliphatic hydroxyl groups is 8. The molecule has 41 heteroatoms. The largest absolute Gasteiger partial charge is 0.508 e.